The molecule has 0 bridgehead atoms. The molecule has 0 spiro atoms. The van der Waals surface area contributed by atoms with Gasteiger partial charge in [-0.15, -0.1) is 0 Å². The lowest BCUT2D eigenvalue weighted by atomic mass is 9.96. The first-order valence-electron chi connectivity index (χ1n) is 16.9. The van der Waals surface area contributed by atoms with Crippen LogP contribution in [0.4, 0.5) is 0 Å². The fourth-order valence-electron chi connectivity index (χ4n) is 6.58. The van der Waals surface area contributed by atoms with Gasteiger partial charge in [-0.3, -0.25) is 0 Å². The van der Waals surface area contributed by atoms with Crippen molar-refractivity contribution >= 4 is 45.8 Å². The summed E-state index contributed by atoms with van der Waals surface area (Å²) in [4.78, 5) is 0. The molecule has 0 unspecified atom stereocenters. The average Bonchev–Trinajstić information content (AvgIpc) is 3.79. The number of benzene rings is 6. The van der Waals surface area contributed by atoms with Crippen LogP contribution in [0.2, 0.25) is 0 Å². The smallest absolute Gasteiger partial charge is 0.137 e. The SMILES string of the molecule is Cc1cc(-c2cc3c(C)ccc(C)c3o2)c(C)cc1-c1cc2c(C)ccc(C)c2o1.c1ccc(P(c2ccccc2)c2ccccc2)cc1. The van der Waals surface area contributed by atoms with E-state index >= 15 is 0 Å². The van der Waals surface area contributed by atoms with Gasteiger partial charge >= 0.3 is 0 Å². The van der Waals surface area contributed by atoms with Crippen molar-refractivity contribution < 1.29 is 8.83 Å². The number of hydrogen-bond donors (Lipinski definition) is 0. The molecular formula is C46H41O2P. The largest absolute Gasteiger partial charge is 0.456 e. The maximum Gasteiger partial charge on any atom is 0.137 e. The van der Waals surface area contributed by atoms with Crippen molar-refractivity contribution in [2.75, 3.05) is 0 Å². The lowest BCUT2D eigenvalue weighted by molar-refractivity contribution is 0.626. The highest BCUT2D eigenvalue weighted by atomic mass is 31.1. The quantitative estimate of drug-likeness (QED) is 0.172. The molecule has 0 aliphatic rings. The number of aryl methyl sites for hydroxylation is 6. The Morgan fingerprint density at radius 2 is 0.673 bits per heavy atom. The first-order valence-corrected chi connectivity index (χ1v) is 18.2. The zero-order chi connectivity index (χ0) is 34.1. The van der Waals surface area contributed by atoms with Crippen LogP contribution in [0, 0.1) is 41.5 Å². The Balaban J connectivity index is 0.000000171. The fraction of sp³-hybridized carbons (Fsp3) is 0.130. The van der Waals surface area contributed by atoms with E-state index in [1.54, 1.807) is 0 Å². The second-order valence-corrected chi connectivity index (χ2v) is 15.1. The Kier molecular flexibility index (Phi) is 9.09. The molecule has 6 aromatic carbocycles. The minimum Gasteiger partial charge on any atom is -0.456 e. The second-order valence-electron chi connectivity index (χ2n) is 12.9. The standard InChI is InChI=1S/C28H26O2.C18H15P/c1-15-7-9-17(3)27-23(15)13-25(29-27)21-11-20(6)22(12-19(21)5)26-14-24-16(2)8-10-18(4)28(24)30-26;1-4-10-16(11-5-1)19(17-12-6-2-7-13-17)18-14-8-3-9-15-18/h7-14H,1-6H3;1-15H. The van der Waals surface area contributed by atoms with Gasteiger partial charge in [0.1, 0.15) is 22.7 Å². The Morgan fingerprint density at radius 1 is 0.347 bits per heavy atom. The third-order valence-electron chi connectivity index (χ3n) is 9.34. The molecule has 2 heterocycles. The third-order valence-corrected chi connectivity index (χ3v) is 11.8. The number of hydrogen-bond acceptors (Lipinski definition) is 2. The van der Waals surface area contributed by atoms with E-state index in [0.717, 1.165) is 33.8 Å². The summed E-state index contributed by atoms with van der Waals surface area (Å²) in [5.41, 5.74) is 11.4. The summed E-state index contributed by atoms with van der Waals surface area (Å²) >= 11 is 0. The van der Waals surface area contributed by atoms with Crippen LogP contribution in [0.15, 0.2) is 148 Å². The summed E-state index contributed by atoms with van der Waals surface area (Å²) < 4.78 is 12.6. The van der Waals surface area contributed by atoms with Crippen molar-refractivity contribution in [3.63, 3.8) is 0 Å². The summed E-state index contributed by atoms with van der Waals surface area (Å²) in [7, 11) is -0.446. The minimum atomic E-state index is -0.446. The molecule has 242 valence electrons. The van der Waals surface area contributed by atoms with Gasteiger partial charge in [-0.05, 0) is 123 Å². The fourth-order valence-corrected chi connectivity index (χ4v) is 8.88. The van der Waals surface area contributed by atoms with Crippen LogP contribution >= 0.6 is 7.92 Å². The van der Waals surface area contributed by atoms with Gasteiger partial charge in [0.25, 0.3) is 0 Å². The van der Waals surface area contributed by atoms with Crippen LogP contribution in [-0.4, -0.2) is 0 Å². The van der Waals surface area contributed by atoms with Crippen LogP contribution < -0.4 is 15.9 Å². The van der Waals surface area contributed by atoms with Gasteiger partial charge in [0.05, 0.1) is 0 Å². The molecule has 0 fully saturated rings. The predicted molar refractivity (Wildman–Crippen MR) is 210 cm³/mol. The molecule has 0 aliphatic heterocycles. The van der Waals surface area contributed by atoms with Gasteiger partial charge in [-0.1, -0.05) is 115 Å². The molecule has 0 amide bonds. The first kappa shape index (κ1) is 32.4. The van der Waals surface area contributed by atoms with Gasteiger partial charge < -0.3 is 8.83 Å². The van der Waals surface area contributed by atoms with Gasteiger partial charge in [-0.2, -0.15) is 0 Å². The molecule has 8 rings (SSSR count). The normalized spacial score (nSPS) is 11.2. The lowest BCUT2D eigenvalue weighted by Crippen LogP contribution is -2.20. The van der Waals surface area contributed by atoms with Crippen LogP contribution in [0.25, 0.3) is 44.6 Å². The van der Waals surface area contributed by atoms with E-state index in [4.69, 9.17) is 8.83 Å². The molecule has 0 aliphatic carbocycles. The van der Waals surface area contributed by atoms with Gasteiger partial charge in [0.2, 0.25) is 0 Å². The Bertz CT molecular complexity index is 2100. The van der Waals surface area contributed by atoms with E-state index in [-0.39, 0.29) is 0 Å². The van der Waals surface area contributed by atoms with Crippen molar-refractivity contribution in [1.82, 2.24) is 0 Å². The summed E-state index contributed by atoms with van der Waals surface area (Å²) in [6.07, 6.45) is 0. The van der Waals surface area contributed by atoms with Crippen LogP contribution in [0.1, 0.15) is 33.4 Å². The summed E-state index contributed by atoms with van der Waals surface area (Å²) in [5.74, 6) is 1.84. The zero-order valence-corrected chi connectivity index (χ0v) is 29.9. The maximum atomic E-state index is 6.30. The van der Waals surface area contributed by atoms with Crippen LogP contribution in [0.3, 0.4) is 0 Å². The molecule has 2 nitrogen and oxygen atoms in total. The van der Waals surface area contributed by atoms with E-state index in [1.807, 2.05) is 0 Å². The highest BCUT2D eigenvalue weighted by Gasteiger charge is 2.18. The van der Waals surface area contributed by atoms with E-state index in [2.05, 4.69) is 181 Å². The summed E-state index contributed by atoms with van der Waals surface area (Å²) in [5, 5.41) is 6.57. The van der Waals surface area contributed by atoms with Crippen molar-refractivity contribution in [2.45, 2.75) is 41.5 Å². The number of rotatable bonds is 5. The highest BCUT2D eigenvalue weighted by Crippen LogP contribution is 2.39. The second kappa shape index (κ2) is 13.7. The van der Waals surface area contributed by atoms with Gasteiger partial charge in [0, 0.05) is 21.9 Å². The van der Waals surface area contributed by atoms with Gasteiger partial charge in [0.15, 0.2) is 0 Å². The van der Waals surface area contributed by atoms with Crippen LogP contribution in [0.5, 0.6) is 0 Å². The molecule has 0 N–H and O–H groups in total. The van der Waals surface area contributed by atoms with Crippen molar-refractivity contribution in [2.24, 2.45) is 0 Å². The molecule has 0 atom stereocenters. The molecule has 0 saturated carbocycles. The maximum absolute atomic E-state index is 6.30. The molecule has 8 aromatic rings. The Hall–Kier alpha value is -5.17. The summed E-state index contributed by atoms with van der Waals surface area (Å²) in [6, 6.07) is 49.7. The number of fused-ring (bicyclic) bond motifs is 2. The Morgan fingerprint density at radius 3 is 1.00 bits per heavy atom. The topological polar surface area (TPSA) is 26.3 Å². The molecule has 2 aromatic heterocycles. The summed E-state index contributed by atoms with van der Waals surface area (Å²) in [6.45, 7) is 12.7. The van der Waals surface area contributed by atoms with Crippen LogP contribution in [-0.2, 0) is 0 Å². The lowest BCUT2D eigenvalue weighted by Gasteiger charge is -2.18. The Labute approximate surface area is 290 Å². The van der Waals surface area contributed by atoms with E-state index < -0.39 is 7.92 Å². The zero-order valence-electron chi connectivity index (χ0n) is 29.0. The minimum absolute atomic E-state index is 0.446. The first-order chi connectivity index (χ1) is 23.8. The molecule has 3 heteroatoms. The molecule has 49 heavy (non-hydrogen) atoms. The molecule has 0 radical (unpaired) electrons. The highest BCUT2D eigenvalue weighted by molar-refractivity contribution is 7.79. The van der Waals surface area contributed by atoms with E-state index in [9.17, 15) is 0 Å². The van der Waals surface area contributed by atoms with Gasteiger partial charge in [-0.25, -0.2) is 0 Å². The average molecular weight is 657 g/mol. The molecule has 0 saturated heterocycles. The van der Waals surface area contributed by atoms with Crippen molar-refractivity contribution in [1.29, 1.82) is 0 Å². The van der Waals surface area contributed by atoms with Crippen molar-refractivity contribution in [3.8, 4) is 22.6 Å². The predicted octanol–water partition coefficient (Wildman–Crippen LogP) is 11.8. The molecular weight excluding hydrogens is 615 g/mol. The number of furan rings is 2. The third kappa shape index (κ3) is 6.50. The van der Waals surface area contributed by atoms with E-state index in [1.165, 1.54) is 60.1 Å². The van der Waals surface area contributed by atoms with Crippen molar-refractivity contribution in [3.05, 3.63) is 173 Å². The monoisotopic (exact) mass is 656 g/mol. The van der Waals surface area contributed by atoms with E-state index in [0.29, 0.717) is 0 Å².